The summed E-state index contributed by atoms with van der Waals surface area (Å²) in [5.41, 5.74) is 0. The van der Waals surface area contributed by atoms with Crippen molar-refractivity contribution in [3.63, 3.8) is 0 Å². The summed E-state index contributed by atoms with van der Waals surface area (Å²) in [5, 5.41) is 9.85. The van der Waals surface area contributed by atoms with Gasteiger partial charge in [-0.05, 0) is 39.5 Å². The summed E-state index contributed by atoms with van der Waals surface area (Å²) in [4.78, 5) is 0. The number of nitrogens with zero attached hydrogens (tertiary/aromatic N) is 1. The van der Waals surface area contributed by atoms with Crippen LogP contribution in [0.15, 0.2) is 0 Å². The fraction of sp³-hybridized carbons (Fsp3) is 1.00. The van der Waals surface area contributed by atoms with E-state index in [-0.39, 0.29) is 23.3 Å². The van der Waals surface area contributed by atoms with Gasteiger partial charge in [0.05, 0.1) is 11.4 Å². The molecule has 1 saturated heterocycles. The number of sulfonamides is 1. The first-order chi connectivity index (χ1) is 8.94. The summed E-state index contributed by atoms with van der Waals surface area (Å²) in [5.74, 6) is 0.141. The van der Waals surface area contributed by atoms with Crippen LogP contribution in [0.3, 0.4) is 0 Å². The number of piperidine rings is 1. The molecule has 0 bridgehead atoms. The molecule has 0 aromatic heterocycles. The van der Waals surface area contributed by atoms with E-state index in [1.165, 1.54) is 0 Å². The van der Waals surface area contributed by atoms with E-state index in [2.05, 4.69) is 0 Å². The van der Waals surface area contributed by atoms with Crippen LogP contribution in [0.4, 0.5) is 0 Å². The lowest BCUT2D eigenvalue weighted by molar-refractivity contribution is 0.0202. The summed E-state index contributed by atoms with van der Waals surface area (Å²) >= 11 is 0. The smallest absolute Gasteiger partial charge is 0.216 e. The molecule has 19 heavy (non-hydrogen) atoms. The Kier molecular flexibility index (Phi) is 4.90. The first kappa shape index (κ1) is 15.3. The lowest BCUT2D eigenvalue weighted by Crippen LogP contribution is -2.52. The Hall–Kier alpha value is -0.130. The van der Waals surface area contributed by atoms with Crippen molar-refractivity contribution in [1.29, 1.82) is 0 Å². The summed E-state index contributed by atoms with van der Waals surface area (Å²) in [6.07, 6.45) is 6.61. The topological polar surface area (TPSA) is 57.6 Å². The lowest BCUT2D eigenvalue weighted by atomic mass is 9.79. The van der Waals surface area contributed by atoms with Gasteiger partial charge in [0.1, 0.15) is 0 Å². The Morgan fingerprint density at radius 3 is 2.32 bits per heavy atom. The zero-order valence-electron chi connectivity index (χ0n) is 12.1. The Labute approximate surface area is 117 Å². The molecule has 0 aromatic rings. The molecule has 5 heteroatoms. The SMILES string of the molecule is CC(C)S(=O)(=O)N1CCCCC1C1CCCCC1O. The van der Waals surface area contributed by atoms with Crippen molar-refractivity contribution in [2.24, 2.45) is 5.92 Å². The van der Waals surface area contributed by atoms with E-state index in [0.717, 1.165) is 44.9 Å². The van der Waals surface area contributed by atoms with Crippen LogP contribution in [0.1, 0.15) is 58.8 Å². The number of aliphatic hydroxyl groups is 1. The van der Waals surface area contributed by atoms with Crippen LogP contribution in [0, 0.1) is 5.92 Å². The summed E-state index contributed by atoms with van der Waals surface area (Å²) < 4.78 is 26.7. The van der Waals surface area contributed by atoms with E-state index in [0.29, 0.717) is 6.54 Å². The van der Waals surface area contributed by atoms with Crippen LogP contribution in [0.5, 0.6) is 0 Å². The summed E-state index contributed by atoms with van der Waals surface area (Å²) in [6.45, 7) is 4.13. The molecule has 112 valence electrons. The monoisotopic (exact) mass is 289 g/mol. The maximum atomic E-state index is 12.5. The second kappa shape index (κ2) is 6.10. The average molecular weight is 289 g/mol. The van der Waals surface area contributed by atoms with Gasteiger partial charge in [0, 0.05) is 18.5 Å². The molecular weight excluding hydrogens is 262 g/mol. The molecule has 1 N–H and O–H groups in total. The molecule has 0 amide bonds. The van der Waals surface area contributed by atoms with E-state index in [4.69, 9.17) is 0 Å². The third-order valence-corrected chi connectivity index (χ3v) is 7.00. The average Bonchev–Trinajstić information content (AvgIpc) is 2.39. The minimum absolute atomic E-state index is 0.0245. The van der Waals surface area contributed by atoms with Crippen LogP contribution >= 0.6 is 0 Å². The van der Waals surface area contributed by atoms with Crippen LogP contribution in [0.25, 0.3) is 0 Å². The van der Waals surface area contributed by atoms with Crippen molar-refractivity contribution >= 4 is 10.0 Å². The highest BCUT2D eigenvalue weighted by Gasteiger charge is 2.41. The molecule has 0 aromatic carbocycles. The Bertz CT molecular complexity index is 393. The van der Waals surface area contributed by atoms with Gasteiger partial charge in [0.15, 0.2) is 0 Å². The fourth-order valence-electron chi connectivity index (χ4n) is 3.53. The number of rotatable bonds is 3. The van der Waals surface area contributed by atoms with Crippen LogP contribution < -0.4 is 0 Å². The van der Waals surface area contributed by atoms with Gasteiger partial charge in [-0.15, -0.1) is 0 Å². The van der Waals surface area contributed by atoms with Crippen molar-refractivity contribution < 1.29 is 13.5 Å². The number of hydrogen-bond acceptors (Lipinski definition) is 3. The molecule has 1 saturated carbocycles. The van der Waals surface area contributed by atoms with E-state index >= 15 is 0 Å². The van der Waals surface area contributed by atoms with Gasteiger partial charge < -0.3 is 5.11 Å². The third-order valence-electron chi connectivity index (χ3n) is 4.70. The third kappa shape index (κ3) is 3.14. The van der Waals surface area contributed by atoms with Gasteiger partial charge in [-0.1, -0.05) is 19.3 Å². The zero-order valence-corrected chi connectivity index (χ0v) is 12.9. The highest BCUT2D eigenvalue weighted by atomic mass is 32.2. The van der Waals surface area contributed by atoms with E-state index in [1.807, 2.05) is 0 Å². The van der Waals surface area contributed by atoms with Crippen molar-refractivity contribution in [3.8, 4) is 0 Å². The predicted molar refractivity (Wildman–Crippen MR) is 76.4 cm³/mol. The Morgan fingerprint density at radius 1 is 1.05 bits per heavy atom. The normalized spacial score (nSPS) is 34.6. The van der Waals surface area contributed by atoms with Crippen molar-refractivity contribution in [3.05, 3.63) is 0 Å². The van der Waals surface area contributed by atoms with E-state index < -0.39 is 10.0 Å². The fourth-order valence-corrected chi connectivity index (χ4v) is 5.10. The molecule has 3 unspecified atom stereocenters. The molecule has 4 nitrogen and oxygen atoms in total. The van der Waals surface area contributed by atoms with Gasteiger partial charge in [-0.2, -0.15) is 4.31 Å². The van der Waals surface area contributed by atoms with Crippen LogP contribution in [-0.2, 0) is 10.0 Å². The quantitative estimate of drug-likeness (QED) is 0.866. The maximum Gasteiger partial charge on any atom is 0.216 e. The van der Waals surface area contributed by atoms with Crippen LogP contribution in [-0.4, -0.2) is 41.8 Å². The summed E-state index contributed by atoms with van der Waals surface area (Å²) in [7, 11) is -3.20. The van der Waals surface area contributed by atoms with Crippen molar-refractivity contribution in [2.75, 3.05) is 6.54 Å². The molecule has 1 aliphatic heterocycles. The van der Waals surface area contributed by atoms with Crippen LogP contribution in [0.2, 0.25) is 0 Å². The number of aliphatic hydroxyl groups excluding tert-OH is 1. The van der Waals surface area contributed by atoms with Gasteiger partial charge in [0.2, 0.25) is 10.0 Å². The van der Waals surface area contributed by atoms with E-state index in [1.54, 1.807) is 18.2 Å². The van der Waals surface area contributed by atoms with Gasteiger partial charge >= 0.3 is 0 Å². The van der Waals surface area contributed by atoms with Gasteiger partial charge in [-0.3, -0.25) is 0 Å². The summed E-state index contributed by atoms with van der Waals surface area (Å²) in [6, 6.07) is 0.0245. The Morgan fingerprint density at radius 2 is 1.68 bits per heavy atom. The molecular formula is C14H27NO3S. The van der Waals surface area contributed by atoms with Gasteiger partial charge in [-0.25, -0.2) is 8.42 Å². The molecule has 2 fully saturated rings. The molecule has 3 atom stereocenters. The van der Waals surface area contributed by atoms with Gasteiger partial charge in [0.25, 0.3) is 0 Å². The number of hydrogen-bond donors (Lipinski definition) is 1. The lowest BCUT2D eigenvalue weighted by Gasteiger charge is -2.43. The first-order valence-corrected chi connectivity index (χ1v) is 9.13. The molecule has 1 aliphatic carbocycles. The highest BCUT2D eigenvalue weighted by Crippen LogP contribution is 2.35. The molecule has 2 rings (SSSR count). The zero-order chi connectivity index (χ0) is 14.0. The minimum atomic E-state index is -3.20. The standard InChI is InChI=1S/C14H27NO3S/c1-11(2)19(17,18)15-10-6-5-8-13(15)12-7-3-4-9-14(12)16/h11-14,16H,3-10H2,1-2H3. The highest BCUT2D eigenvalue weighted by molar-refractivity contribution is 7.89. The molecule has 2 aliphatic rings. The van der Waals surface area contributed by atoms with Crippen molar-refractivity contribution in [1.82, 2.24) is 4.31 Å². The van der Waals surface area contributed by atoms with E-state index in [9.17, 15) is 13.5 Å². The molecule has 1 heterocycles. The first-order valence-electron chi connectivity index (χ1n) is 7.63. The van der Waals surface area contributed by atoms with Crippen molar-refractivity contribution in [2.45, 2.75) is 76.2 Å². The second-order valence-corrected chi connectivity index (χ2v) is 8.72. The largest absolute Gasteiger partial charge is 0.393 e. The maximum absolute atomic E-state index is 12.5. The predicted octanol–water partition coefficient (Wildman–Crippen LogP) is 2.13. The Balaban J connectivity index is 2.20. The minimum Gasteiger partial charge on any atom is -0.393 e. The second-order valence-electron chi connectivity index (χ2n) is 6.28. The molecule has 0 spiro atoms. The molecule has 0 radical (unpaired) electrons.